The maximum Gasteiger partial charge on any atom is 0.317 e. The Hall–Kier alpha value is -0.360. The van der Waals surface area contributed by atoms with Gasteiger partial charge in [-0.2, -0.15) is 0 Å². The highest BCUT2D eigenvalue weighted by atomic mass is 33.1. The van der Waals surface area contributed by atoms with E-state index in [0.717, 1.165) is 51.4 Å². The summed E-state index contributed by atoms with van der Waals surface area (Å²) in [5.41, 5.74) is 0. The van der Waals surface area contributed by atoms with Crippen LogP contribution in [0.1, 0.15) is 78.1 Å². The molecule has 2 unspecified atom stereocenters. The van der Waals surface area contributed by atoms with Crippen LogP contribution in [0.4, 0.5) is 0 Å². The molecule has 0 fully saturated rings. The Bertz CT molecular complexity index is 281. The predicted molar refractivity (Wildman–Crippen MR) is 95.5 cm³/mol. The van der Waals surface area contributed by atoms with Crippen LogP contribution in [0.15, 0.2) is 0 Å². The van der Waals surface area contributed by atoms with Crippen LogP contribution in [-0.4, -0.2) is 32.7 Å². The van der Waals surface area contributed by atoms with Crippen LogP contribution < -0.4 is 0 Å². The molecule has 0 bridgehead atoms. The number of hydrogen-bond donors (Lipinski definition) is 2. The summed E-state index contributed by atoms with van der Waals surface area (Å²) in [6.45, 7) is 4.24. The molecule has 0 aromatic carbocycles. The maximum absolute atomic E-state index is 11.3. The van der Waals surface area contributed by atoms with Crippen molar-refractivity contribution in [2.24, 2.45) is 0 Å². The summed E-state index contributed by atoms with van der Waals surface area (Å²) in [6.07, 6.45) is 9.62. The summed E-state index contributed by atoms with van der Waals surface area (Å²) in [7, 11) is 2.45. The third-order valence-electron chi connectivity index (χ3n) is 3.48. The van der Waals surface area contributed by atoms with Crippen LogP contribution in [0.2, 0.25) is 0 Å². The number of aliphatic carboxylic acids is 2. The molecule has 0 aliphatic carbocycles. The highest BCUT2D eigenvalue weighted by molar-refractivity contribution is 8.77. The molecule has 22 heavy (non-hydrogen) atoms. The van der Waals surface area contributed by atoms with Gasteiger partial charge in [0.05, 0.1) is 0 Å². The second-order valence-corrected chi connectivity index (χ2v) is 8.22. The average molecular weight is 351 g/mol. The minimum atomic E-state index is -0.830. The van der Waals surface area contributed by atoms with Gasteiger partial charge in [0.25, 0.3) is 0 Å². The molecule has 0 heterocycles. The summed E-state index contributed by atoms with van der Waals surface area (Å²) in [5, 5.41) is 17.5. The minimum absolute atomic E-state index is 0.501. The lowest BCUT2D eigenvalue weighted by molar-refractivity contribution is -0.137. The van der Waals surface area contributed by atoms with Gasteiger partial charge in [-0.05, 0) is 12.8 Å². The number of rotatable bonds is 15. The standard InChI is InChI=1S/C16H30O4S2/c1-3-5-7-9-11-13(15(17)18)21-22-14(16(19)20)12-10-8-6-4-2/h13-14H,3-12H2,1-2H3,(H,17,18)(H,19,20). The quantitative estimate of drug-likeness (QED) is 0.312. The Morgan fingerprint density at radius 3 is 1.36 bits per heavy atom. The van der Waals surface area contributed by atoms with Gasteiger partial charge in [0.15, 0.2) is 0 Å². The topological polar surface area (TPSA) is 74.6 Å². The zero-order chi connectivity index (χ0) is 16.8. The van der Waals surface area contributed by atoms with Gasteiger partial charge < -0.3 is 10.2 Å². The molecule has 0 aliphatic heterocycles. The lowest BCUT2D eigenvalue weighted by atomic mass is 10.1. The highest BCUT2D eigenvalue weighted by Gasteiger charge is 2.24. The third-order valence-corrected chi connectivity index (χ3v) is 6.66. The summed E-state index contributed by atoms with van der Waals surface area (Å²) >= 11 is 0. The van der Waals surface area contributed by atoms with Gasteiger partial charge >= 0.3 is 11.9 Å². The molecule has 0 spiro atoms. The lowest BCUT2D eigenvalue weighted by Crippen LogP contribution is -2.19. The summed E-state index contributed by atoms with van der Waals surface area (Å²) in [5.74, 6) is -1.66. The largest absolute Gasteiger partial charge is 0.480 e. The van der Waals surface area contributed by atoms with Crippen LogP contribution in [0, 0.1) is 0 Å². The van der Waals surface area contributed by atoms with E-state index in [4.69, 9.17) is 0 Å². The normalized spacial score (nSPS) is 13.7. The Morgan fingerprint density at radius 2 is 1.09 bits per heavy atom. The van der Waals surface area contributed by atoms with Crippen molar-refractivity contribution in [3.8, 4) is 0 Å². The predicted octanol–water partition coefficient (Wildman–Crippen LogP) is 5.22. The van der Waals surface area contributed by atoms with E-state index in [1.54, 1.807) is 0 Å². The van der Waals surface area contributed by atoms with Crippen molar-refractivity contribution in [2.45, 2.75) is 88.6 Å². The molecule has 0 aliphatic rings. The summed E-state index contributed by atoms with van der Waals surface area (Å²) < 4.78 is 0. The molecule has 0 radical (unpaired) electrons. The zero-order valence-electron chi connectivity index (χ0n) is 13.8. The SMILES string of the molecule is CCCCCCC(SSC(CCCCCC)C(=O)O)C(=O)O. The molecular formula is C16H30O4S2. The lowest BCUT2D eigenvalue weighted by Gasteiger charge is -2.15. The smallest absolute Gasteiger partial charge is 0.317 e. The van der Waals surface area contributed by atoms with Crippen molar-refractivity contribution in [2.75, 3.05) is 0 Å². The summed E-state index contributed by atoms with van der Waals surface area (Å²) in [6, 6.07) is 0. The molecule has 2 atom stereocenters. The number of hydrogen-bond acceptors (Lipinski definition) is 4. The van der Waals surface area contributed by atoms with Crippen molar-refractivity contribution in [3.05, 3.63) is 0 Å². The van der Waals surface area contributed by atoms with Crippen LogP contribution in [-0.2, 0) is 9.59 Å². The first-order valence-corrected chi connectivity index (χ1v) is 10.6. The van der Waals surface area contributed by atoms with Gasteiger partial charge in [0.2, 0.25) is 0 Å². The minimum Gasteiger partial charge on any atom is -0.480 e. The van der Waals surface area contributed by atoms with Crippen molar-refractivity contribution < 1.29 is 19.8 Å². The Balaban J connectivity index is 4.15. The Morgan fingerprint density at radius 1 is 0.727 bits per heavy atom. The molecule has 0 rings (SSSR count). The monoisotopic (exact) mass is 350 g/mol. The maximum atomic E-state index is 11.3. The van der Waals surface area contributed by atoms with E-state index in [1.165, 1.54) is 21.6 Å². The highest BCUT2D eigenvalue weighted by Crippen LogP contribution is 2.36. The number of carboxylic acid groups (broad SMARTS) is 2. The molecule has 0 saturated carbocycles. The van der Waals surface area contributed by atoms with Crippen molar-refractivity contribution in [1.82, 2.24) is 0 Å². The van der Waals surface area contributed by atoms with Crippen molar-refractivity contribution >= 4 is 33.5 Å². The number of carbonyl (C=O) groups is 2. The molecule has 0 saturated heterocycles. The molecule has 130 valence electrons. The Labute approximate surface area is 142 Å². The van der Waals surface area contributed by atoms with Crippen LogP contribution in [0.25, 0.3) is 0 Å². The van der Waals surface area contributed by atoms with E-state index in [-0.39, 0.29) is 0 Å². The van der Waals surface area contributed by atoms with E-state index in [0.29, 0.717) is 12.8 Å². The molecule has 4 nitrogen and oxygen atoms in total. The fourth-order valence-corrected chi connectivity index (χ4v) is 4.91. The van der Waals surface area contributed by atoms with Crippen molar-refractivity contribution in [3.63, 3.8) is 0 Å². The molecule has 2 N–H and O–H groups in total. The van der Waals surface area contributed by atoms with E-state index in [1.807, 2.05) is 0 Å². The first-order valence-electron chi connectivity index (χ1n) is 8.30. The van der Waals surface area contributed by atoms with Gasteiger partial charge in [-0.1, -0.05) is 86.8 Å². The van der Waals surface area contributed by atoms with Crippen molar-refractivity contribution in [1.29, 1.82) is 0 Å². The second kappa shape index (κ2) is 14.2. The van der Waals surface area contributed by atoms with Crippen LogP contribution >= 0.6 is 21.6 Å². The van der Waals surface area contributed by atoms with Gasteiger partial charge in [-0.3, -0.25) is 9.59 Å². The molecular weight excluding hydrogens is 320 g/mol. The molecule has 6 heteroatoms. The molecule has 0 amide bonds. The van der Waals surface area contributed by atoms with Gasteiger partial charge in [-0.15, -0.1) is 0 Å². The third kappa shape index (κ3) is 11.2. The van der Waals surface area contributed by atoms with E-state index in [9.17, 15) is 19.8 Å². The summed E-state index contributed by atoms with van der Waals surface area (Å²) in [4.78, 5) is 22.5. The fourth-order valence-electron chi connectivity index (χ4n) is 2.07. The number of unbranched alkanes of at least 4 members (excludes halogenated alkanes) is 6. The van der Waals surface area contributed by atoms with Crippen LogP contribution in [0.3, 0.4) is 0 Å². The van der Waals surface area contributed by atoms with Gasteiger partial charge in [0.1, 0.15) is 10.5 Å². The second-order valence-electron chi connectivity index (χ2n) is 5.54. The van der Waals surface area contributed by atoms with E-state index >= 15 is 0 Å². The van der Waals surface area contributed by atoms with Crippen LogP contribution in [0.5, 0.6) is 0 Å². The number of carboxylic acids is 2. The first-order chi connectivity index (χ1) is 10.5. The fraction of sp³-hybridized carbons (Fsp3) is 0.875. The molecule has 0 aromatic rings. The zero-order valence-corrected chi connectivity index (χ0v) is 15.4. The van der Waals surface area contributed by atoms with E-state index < -0.39 is 22.4 Å². The van der Waals surface area contributed by atoms with E-state index in [2.05, 4.69) is 13.8 Å². The van der Waals surface area contributed by atoms with Gasteiger partial charge in [-0.25, -0.2) is 0 Å². The molecule has 0 aromatic heterocycles. The van der Waals surface area contributed by atoms with Gasteiger partial charge in [0, 0.05) is 0 Å². The first kappa shape index (κ1) is 21.6. The Kier molecular flexibility index (Phi) is 14.0. The average Bonchev–Trinajstić information content (AvgIpc) is 2.47.